The molecule has 2 aromatic rings. The van der Waals surface area contributed by atoms with E-state index < -0.39 is 10.9 Å². The van der Waals surface area contributed by atoms with Gasteiger partial charge in [-0.05, 0) is 49.9 Å². The largest absolute Gasteiger partial charge is 0.324 e. The Morgan fingerprint density at radius 3 is 2.63 bits per heavy atom. The number of nitrogens with one attached hydrogen (secondary N) is 1. The molecule has 0 aromatic heterocycles. The van der Waals surface area contributed by atoms with E-state index in [1.165, 1.54) is 5.56 Å². The first-order chi connectivity index (χ1) is 12.9. The molecule has 2 atom stereocenters. The second-order valence-corrected chi connectivity index (χ2v) is 8.78. The summed E-state index contributed by atoms with van der Waals surface area (Å²) in [6, 6.07) is 13.8. The lowest BCUT2D eigenvalue weighted by molar-refractivity contribution is -0.136. The number of hydrogen-bond donors (Lipinski definition) is 1. The molecule has 1 N–H and O–H groups in total. The Balaban J connectivity index is 1.63. The molecule has 2 amide bonds. The lowest BCUT2D eigenvalue weighted by Gasteiger charge is -2.34. The average molecular weight is 381 g/mol. The molecule has 0 aliphatic carbocycles. The van der Waals surface area contributed by atoms with Crippen LogP contribution in [0.3, 0.4) is 0 Å². The highest BCUT2D eigenvalue weighted by Crippen LogP contribution is 2.54. The molecule has 5 heteroatoms. The zero-order valence-corrected chi connectivity index (χ0v) is 16.7. The third-order valence-electron chi connectivity index (χ3n) is 5.80. The van der Waals surface area contributed by atoms with E-state index in [2.05, 4.69) is 36.5 Å². The van der Waals surface area contributed by atoms with Gasteiger partial charge in [-0.15, -0.1) is 11.8 Å². The molecule has 2 aromatic carbocycles. The normalized spacial score (nSPS) is 24.2. The zero-order valence-electron chi connectivity index (χ0n) is 15.9. The highest BCUT2D eigenvalue weighted by Gasteiger charge is 2.56. The molecular formula is C22H24N2O2S. The Bertz CT molecular complexity index is 909. The van der Waals surface area contributed by atoms with Crippen molar-refractivity contribution in [2.24, 2.45) is 0 Å². The second kappa shape index (κ2) is 6.71. The van der Waals surface area contributed by atoms with Gasteiger partial charge >= 0.3 is 0 Å². The van der Waals surface area contributed by atoms with Crippen LogP contribution >= 0.6 is 11.8 Å². The number of nitrogens with zero attached hydrogens (tertiary/aromatic N) is 1. The number of hydrogen-bond acceptors (Lipinski definition) is 3. The van der Waals surface area contributed by atoms with Gasteiger partial charge in [0.1, 0.15) is 10.9 Å². The van der Waals surface area contributed by atoms with E-state index in [4.69, 9.17) is 0 Å². The van der Waals surface area contributed by atoms with Crippen molar-refractivity contribution in [3.63, 3.8) is 0 Å². The summed E-state index contributed by atoms with van der Waals surface area (Å²) in [6.07, 6.45) is 1.25. The highest BCUT2D eigenvalue weighted by atomic mass is 32.2. The molecule has 140 valence electrons. The van der Waals surface area contributed by atoms with E-state index in [0.29, 0.717) is 12.2 Å². The van der Waals surface area contributed by atoms with Crippen molar-refractivity contribution in [1.29, 1.82) is 0 Å². The van der Waals surface area contributed by atoms with Crippen LogP contribution in [0.15, 0.2) is 42.5 Å². The van der Waals surface area contributed by atoms with Gasteiger partial charge in [-0.25, -0.2) is 0 Å². The fourth-order valence-electron chi connectivity index (χ4n) is 4.05. The Morgan fingerprint density at radius 2 is 1.89 bits per heavy atom. The molecule has 2 aliphatic rings. The number of fused-ring (bicyclic) bond motifs is 1. The molecule has 27 heavy (non-hydrogen) atoms. The smallest absolute Gasteiger partial charge is 0.248 e. The van der Waals surface area contributed by atoms with Crippen molar-refractivity contribution in [3.8, 4) is 0 Å². The number of aryl methyl sites for hydroxylation is 2. The summed E-state index contributed by atoms with van der Waals surface area (Å²) in [7, 11) is 0. The number of rotatable bonds is 3. The van der Waals surface area contributed by atoms with Crippen molar-refractivity contribution < 1.29 is 9.59 Å². The maximum atomic E-state index is 13.1. The minimum atomic E-state index is -0.439. The second-order valence-electron chi connectivity index (χ2n) is 7.48. The van der Waals surface area contributed by atoms with Gasteiger partial charge < -0.3 is 10.2 Å². The molecule has 0 unspecified atom stereocenters. The Hall–Kier alpha value is -2.27. The van der Waals surface area contributed by atoms with E-state index in [-0.39, 0.29) is 11.8 Å². The summed E-state index contributed by atoms with van der Waals surface area (Å²) in [5.41, 5.74) is 5.34. The third-order valence-corrected chi connectivity index (χ3v) is 7.39. The number of benzene rings is 2. The van der Waals surface area contributed by atoms with Crippen molar-refractivity contribution >= 4 is 29.3 Å². The predicted molar refractivity (Wildman–Crippen MR) is 110 cm³/mol. The van der Waals surface area contributed by atoms with Crippen LogP contribution < -0.4 is 5.32 Å². The van der Waals surface area contributed by atoms with Crippen LogP contribution in [0, 0.1) is 20.8 Å². The Kier molecular flexibility index (Phi) is 4.50. The minimum Gasteiger partial charge on any atom is -0.324 e. The minimum absolute atomic E-state index is 0.0710. The van der Waals surface area contributed by atoms with Gasteiger partial charge in [-0.2, -0.15) is 0 Å². The molecule has 4 rings (SSSR count). The average Bonchev–Trinajstić information content (AvgIpc) is 3.19. The lowest BCUT2D eigenvalue weighted by atomic mass is 10.0. The summed E-state index contributed by atoms with van der Waals surface area (Å²) in [4.78, 5) is 27.2. The van der Waals surface area contributed by atoms with Crippen molar-refractivity contribution in [2.45, 2.75) is 44.5 Å². The first-order valence-corrected chi connectivity index (χ1v) is 10.3. The third kappa shape index (κ3) is 2.94. The molecule has 2 aliphatic heterocycles. The molecule has 0 radical (unpaired) electrons. The molecule has 4 nitrogen and oxygen atoms in total. The van der Waals surface area contributed by atoms with Crippen LogP contribution in [0.25, 0.3) is 0 Å². The molecule has 0 spiro atoms. The predicted octanol–water partition coefficient (Wildman–Crippen LogP) is 4.14. The topological polar surface area (TPSA) is 49.4 Å². The molecule has 0 saturated carbocycles. The van der Waals surface area contributed by atoms with Gasteiger partial charge in [0, 0.05) is 17.9 Å². The number of carbonyl (C=O) groups excluding carboxylic acids is 2. The number of amides is 2. The fraction of sp³-hybridized carbons (Fsp3) is 0.364. The monoisotopic (exact) mass is 380 g/mol. The maximum absolute atomic E-state index is 13.1. The summed E-state index contributed by atoms with van der Waals surface area (Å²) in [5.74, 6) is 0.596. The van der Waals surface area contributed by atoms with E-state index in [1.807, 2.05) is 36.9 Å². The zero-order chi connectivity index (χ0) is 19.2. The van der Waals surface area contributed by atoms with Crippen molar-refractivity contribution in [1.82, 2.24) is 4.90 Å². The van der Waals surface area contributed by atoms with Gasteiger partial charge in [0.25, 0.3) is 0 Å². The van der Waals surface area contributed by atoms with Gasteiger partial charge in [-0.3, -0.25) is 9.59 Å². The number of carbonyl (C=O) groups is 2. The maximum Gasteiger partial charge on any atom is 0.248 e. The lowest BCUT2D eigenvalue weighted by Crippen LogP contribution is -2.48. The Labute approximate surface area is 164 Å². The summed E-state index contributed by atoms with van der Waals surface area (Å²) in [5, 5.41) is 3.06. The van der Waals surface area contributed by atoms with E-state index in [0.717, 1.165) is 28.8 Å². The molecule has 2 heterocycles. The molecule has 0 bridgehead atoms. The summed E-state index contributed by atoms with van der Waals surface area (Å²) in [6.45, 7) is 6.09. The number of anilines is 1. The molecule has 2 saturated heterocycles. The Morgan fingerprint density at radius 1 is 1.15 bits per heavy atom. The van der Waals surface area contributed by atoms with Crippen LogP contribution in [0.5, 0.6) is 0 Å². The van der Waals surface area contributed by atoms with Crippen LogP contribution in [0.1, 0.15) is 35.1 Å². The summed E-state index contributed by atoms with van der Waals surface area (Å²) >= 11 is 1.72. The van der Waals surface area contributed by atoms with Gasteiger partial charge in [0.05, 0.1) is 0 Å². The SMILES string of the molecule is Cc1ccc([C@]23CCC(=O)N2[C@@H](C(=O)Nc2cccc(C)c2C)CS3)cc1. The molecular weight excluding hydrogens is 356 g/mol. The van der Waals surface area contributed by atoms with Crippen molar-refractivity contribution in [3.05, 3.63) is 64.7 Å². The van der Waals surface area contributed by atoms with Crippen LogP contribution in [-0.4, -0.2) is 28.5 Å². The van der Waals surface area contributed by atoms with Gasteiger partial charge in [-0.1, -0.05) is 42.0 Å². The van der Waals surface area contributed by atoms with Crippen molar-refractivity contribution in [2.75, 3.05) is 11.1 Å². The van der Waals surface area contributed by atoms with E-state index in [9.17, 15) is 9.59 Å². The molecule has 2 fully saturated rings. The highest BCUT2D eigenvalue weighted by molar-refractivity contribution is 8.00. The van der Waals surface area contributed by atoms with E-state index in [1.54, 1.807) is 11.8 Å². The van der Waals surface area contributed by atoms with E-state index >= 15 is 0 Å². The van der Waals surface area contributed by atoms with Crippen LogP contribution in [0.2, 0.25) is 0 Å². The van der Waals surface area contributed by atoms with Gasteiger partial charge in [0.2, 0.25) is 11.8 Å². The first-order valence-electron chi connectivity index (χ1n) is 9.33. The fourth-order valence-corrected chi connectivity index (χ4v) is 5.70. The number of thioether (sulfide) groups is 1. The quantitative estimate of drug-likeness (QED) is 0.871. The van der Waals surface area contributed by atoms with Crippen LogP contribution in [-0.2, 0) is 14.5 Å². The first kappa shape index (κ1) is 18.1. The van der Waals surface area contributed by atoms with Crippen LogP contribution in [0.4, 0.5) is 5.69 Å². The van der Waals surface area contributed by atoms with Gasteiger partial charge in [0.15, 0.2) is 0 Å². The standard InChI is InChI=1S/C22H24N2O2S/c1-14-7-9-17(10-8-14)22-12-11-20(25)24(22)19(13-27-22)21(26)23-18-6-4-5-15(2)16(18)3/h4-10,19H,11-13H2,1-3H3,(H,23,26)/t19-,22-/m1/s1. The summed E-state index contributed by atoms with van der Waals surface area (Å²) < 4.78 is 0.